The number of likely N-dealkylation sites (tertiary alicyclic amines) is 1. The number of urea groups is 1. The van der Waals surface area contributed by atoms with Crippen LogP contribution in [0.5, 0.6) is 0 Å². The van der Waals surface area contributed by atoms with Gasteiger partial charge in [-0.2, -0.15) is 0 Å². The van der Waals surface area contributed by atoms with Crippen molar-refractivity contribution in [3.8, 4) is 0 Å². The maximum atomic E-state index is 13.9. The Hall–Kier alpha value is -2.83. The van der Waals surface area contributed by atoms with Gasteiger partial charge in [0.05, 0.1) is 0 Å². The van der Waals surface area contributed by atoms with Gasteiger partial charge in [-0.3, -0.25) is 4.79 Å². The average Bonchev–Trinajstić information content (AvgIpc) is 2.73. The van der Waals surface area contributed by atoms with Gasteiger partial charge in [-0.05, 0) is 36.8 Å². The first-order chi connectivity index (χ1) is 14.3. The van der Waals surface area contributed by atoms with E-state index in [1.807, 2.05) is 30.3 Å². The molecule has 0 aliphatic carbocycles. The first-order valence-corrected chi connectivity index (χ1v) is 10.0. The largest absolute Gasteiger partial charge is 0.489 e. The molecule has 0 unspecified atom stereocenters. The fourth-order valence-electron chi connectivity index (χ4n) is 3.95. The first-order valence-electron chi connectivity index (χ1n) is 10.0. The van der Waals surface area contributed by atoms with Crippen molar-refractivity contribution in [2.75, 3.05) is 13.1 Å². The molecular weight excluding hydrogens is 393 g/mol. The molecular formula is C23H25F3N2O2. The lowest BCUT2D eigenvalue weighted by atomic mass is 9.89. The number of alkyl halides is 3. The highest BCUT2D eigenvalue weighted by Crippen LogP contribution is 2.32. The van der Waals surface area contributed by atoms with Crippen LogP contribution in [0.3, 0.4) is 0 Å². The summed E-state index contributed by atoms with van der Waals surface area (Å²) in [6.07, 6.45) is -3.95. The molecule has 2 aromatic carbocycles. The van der Waals surface area contributed by atoms with Crippen LogP contribution >= 0.6 is 0 Å². The molecule has 2 amide bonds. The second-order valence-electron chi connectivity index (χ2n) is 7.61. The summed E-state index contributed by atoms with van der Waals surface area (Å²) in [4.78, 5) is 26.1. The Labute approximate surface area is 174 Å². The summed E-state index contributed by atoms with van der Waals surface area (Å²) < 4.78 is 41.7. The number of rotatable bonds is 5. The normalized spacial score (nSPS) is 16.2. The monoisotopic (exact) mass is 418 g/mol. The summed E-state index contributed by atoms with van der Waals surface area (Å²) in [5.41, 5.74) is 1.70. The molecule has 30 heavy (non-hydrogen) atoms. The Morgan fingerprint density at radius 3 is 2.03 bits per heavy atom. The quantitative estimate of drug-likeness (QED) is 0.641. The molecule has 3 rings (SSSR count). The van der Waals surface area contributed by atoms with Gasteiger partial charge in [0.1, 0.15) is 6.04 Å². The third-order valence-corrected chi connectivity index (χ3v) is 5.57. The lowest BCUT2D eigenvalue weighted by Crippen LogP contribution is -2.58. The van der Waals surface area contributed by atoms with Gasteiger partial charge in [0.25, 0.3) is 0 Å². The van der Waals surface area contributed by atoms with Gasteiger partial charge in [0.2, 0.25) is 0 Å². The van der Waals surface area contributed by atoms with Crippen LogP contribution in [0, 0.1) is 0 Å². The van der Waals surface area contributed by atoms with Crippen molar-refractivity contribution < 1.29 is 22.8 Å². The second kappa shape index (κ2) is 9.32. The molecule has 1 fully saturated rings. The minimum atomic E-state index is -4.95. The van der Waals surface area contributed by atoms with E-state index in [1.54, 1.807) is 30.3 Å². The second-order valence-corrected chi connectivity index (χ2v) is 7.61. The van der Waals surface area contributed by atoms with Gasteiger partial charge in [-0.1, -0.05) is 60.7 Å². The van der Waals surface area contributed by atoms with E-state index in [4.69, 9.17) is 0 Å². The fraction of sp³-hybridized carbons (Fsp3) is 0.391. The third kappa shape index (κ3) is 5.20. The standard InChI is InChI=1S/C23H25F3N2O2/c1-17(29)21(16-18-8-4-2-5-9-18)28(23(24,25)26)22(30)27-14-12-20(13-15-27)19-10-6-3-7-11-19/h2-11,20-21H,12-16H2,1H3/t21-/m0/s1. The third-order valence-electron chi connectivity index (χ3n) is 5.57. The lowest BCUT2D eigenvalue weighted by Gasteiger charge is -2.39. The molecule has 0 saturated carbocycles. The average molecular weight is 418 g/mol. The van der Waals surface area contributed by atoms with Crippen LogP contribution < -0.4 is 0 Å². The van der Waals surface area contributed by atoms with Crippen LogP contribution in [0.4, 0.5) is 18.0 Å². The molecule has 0 aromatic heterocycles. The zero-order chi connectivity index (χ0) is 21.7. The van der Waals surface area contributed by atoms with Crippen LogP contribution in [-0.2, 0) is 11.2 Å². The van der Waals surface area contributed by atoms with Crippen molar-refractivity contribution in [3.05, 3.63) is 71.8 Å². The molecule has 0 bridgehead atoms. The predicted octanol–water partition coefficient (Wildman–Crippen LogP) is 5.01. The number of piperidine rings is 1. The van der Waals surface area contributed by atoms with Crippen molar-refractivity contribution in [3.63, 3.8) is 0 Å². The van der Waals surface area contributed by atoms with E-state index >= 15 is 0 Å². The SMILES string of the molecule is CC(=O)[C@H](Cc1ccccc1)N(C(=O)N1CCC(c2ccccc2)CC1)C(F)(F)F. The summed E-state index contributed by atoms with van der Waals surface area (Å²) >= 11 is 0. The number of hydrogen-bond donors (Lipinski definition) is 0. The van der Waals surface area contributed by atoms with Gasteiger partial charge in [-0.15, -0.1) is 13.2 Å². The molecule has 1 saturated heterocycles. The Bertz CT molecular complexity index is 848. The lowest BCUT2D eigenvalue weighted by molar-refractivity contribution is -0.237. The zero-order valence-electron chi connectivity index (χ0n) is 16.8. The predicted molar refractivity (Wildman–Crippen MR) is 108 cm³/mol. The maximum absolute atomic E-state index is 13.9. The number of ketones is 1. The maximum Gasteiger partial charge on any atom is 0.489 e. The first kappa shape index (κ1) is 21.9. The minimum absolute atomic E-state index is 0.179. The number of halogens is 3. The minimum Gasteiger partial charge on any atom is -0.324 e. The molecule has 0 spiro atoms. The van der Waals surface area contributed by atoms with E-state index in [-0.39, 0.29) is 30.3 Å². The smallest absolute Gasteiger partial charge is 0.324 e. The molecule has 0 N–H and O–H groups in total. The van der Waals surface area contributed by atoms with E-state index in [2.05, 4.69) is 0 Å². The summed E-state index contributed by atoms with van der Waals surface area (Å²) in [5.74, 6) is -0.480. The van der Waals surface area contributed by atoms with E-state index in [9.17, 15) is 22.8 Å². The number of hydrogen-bond acceptors (Lipinski definition) is 2. The molecule has 7 heteroatoms. The van der Waals surface area contributed by atoms with Crippen molar-refractivity contribution in [2.45, 2.75) is 44.4 Å². The zero-order valence-corrected chi connectivity index (χ0v) is 16.8. The van der Waals surface area contributed by atoms with Crippen LogP contribution in [0.15, 0.2) is 60.7 Å². The Balaban J connectivity index is 1.76. The van der Waals surface area contributed by atoms with Crippen LogP contribution in [-0.4, -0.2) is 47.0 Å². The number of nitrogens with zero attached hydrogens (tertiary/aromatic N) is 2. The van der Waals surface area contributed by atoms with Gasteiger partial charge in [0.15, 0.2) is 5.78 Å². The summed E-state index contributed by atoms with van der Waals surface area (Å²) in [6.45, 7) is 1.54. The van der Waals surface area contributed by atoms with Gasteiger partial charge in [-0.25, -0.2) is 9.69 Å². The van der Waals surface area contributed by atoms with Gasteiger partial charge in [0, 0.05) is 19.5 Å². The van der Waals surface area contributed by atoms with Crippen LogP contribution in [0.1, 0.15) is 36.8 Å². The van der Waals surface area contributed by atoms with Crippen molar-refractivity contribution in [1.29, 1.82) is 0 Å². The highest BCUT2D eigenvalue weighted by atomic mass is 19.4. The molecule has 1 aliphatic heterocycles. The summed E-state index contributed by atoms with van der Waals surface area (Å²) in [6, 6.07) is 15.5. The number of Topliss-reactive ketones (excluding diaryl/α,β-unsaturated/α-hetero) is 1. The van der Waals surface area contributed by atoms with E-state index in [0.29, 0.717) is 18.4 Å². The fourth-order valence-corrected chi connectivity index (χ4v) is 3.95. The van der Waals surface area contributed by atoms with Crippen LogP contribution in [0.2, 0.25) is 0 Å². The van der Waals surface area contributed by atoms with Gasteiger partial charge < -0.3 is 4.90 Å². The Kier molecular flexibility index (Phi) is 6.80. The van der Waals surface area contributed by atoms with Crippen molar-refractivity contribution in [2.24, 2.45) is 0 Å². The highest BCUT2D eigenvalue weighted by Gasteiger charge is 2.49. The molecule has 4 nitrogen and oxygen atoms in total. The van der Waals surface area contributed by atoms with Gasteiger partial charge >= 0.3 is 12.3 Å². The highest BCUT2D eigenvalue weighted by molar-refractivity contribution is 5.87. The summed E-state index contributed by atoms with van der Waals surface area (Å²) in [5, 5.41) is 0. The van der Waals surface area contributed by atoms with E-state index in [1.165, 1.54) is 4.90 Å². The van der Waals surface area contributed by atoms with Crippen molar-refractivity contribution in [1.82, 2.24) is 9.80 Å². The molecule has 2 aromatic rings. The molecule has 0 radical (unpaired) electrons. The number of carbonyl (C=O) groups is 2. The van der Waals surface area contributed by atoms with Crippen molar-refractivity contribution >= 4 is 11.8 Å². The van der Waals surface area contributed by atoms with E-state index in [0.717, 1.165) is 12.5 Å². The molecule has 160 valence electrons. The summed E-state index contributed by atoms with van der Waals surface area (Å²) in [7, 11) is 0. The molecule has 1 heterocycles. The topological polar surface area (TPSA) is 40.6 Å². The number of carbonyl (C=O) groups excluding carboxylic acids is 2. The molecule has 1 aliphatic rings. The van der Waals surface area contributed by atoms with Crippen LogP contribution in [0.25, 0.3) is 0 Å². The van der Waals surface area contributed by atoms with E-state index < -0.39 is 24.2 Å². The Morgan fingerprint density at radius 2 is 1.53 bits per heavy atom. The molecule has 1 atom stereocenters. The Morgan fingerprint density at radius 1 is 1.00 bits per heavy atom. The number of benzene rings is 2. The number of amides is 2.